The van der Waals surface area contributed by atoms with Gasteiger partial charge in [0.15, 0.2) is 5.78 Å². The third kappa shape index (κ3) is 3.04. The summed E-state index contributed by atoms with van der Waals surface area (Å²) in [6.45, 7) is 5.60. The summed E-state index contributed by atoms with van der Waals surface area (Å²) in [5.74, 6) is 4.59. The van der Waals surface area contributed by atoms with E-state index in [1.807, 2.05) is 0 Å². The molecule has 0 radical (unpaired) electrons. The third-order valence-electron chi connectivity index (χ3n) is 2.58. The van der Waals surface area contributed by atoms with Gasteiger partial charge >= 0.3 is 5.97 Å². The summed E-state index contributed by atoms with van der Waals surface area (Å²) in [5, 5.41) is 0. The smallest absolute Gasteiger partial charge is 0.308 e. The number of esters is 1. The molecular weight excluding hydrogens is 224 g/mol. The Morgan fingerprint density at radius 3 is 2.75 bits per heavy atom. The average molecular weight is 242 g/mol. The molecule has 0 N–H and O–H groups in total. The first-order chi connectivity index (χ1) is 7.43. The van der Waals surface area contributed by atoms with Gasteiger partial charge in [0.25, 0.3) is 0 Å². The zero-order valence-electron chi connectivity index (χ0n) is 10.0. The predicted octanol–water partition coefficient (Wildman–Crippen LogP) is 2.13. The van der Waals surface area contributed by atoms with Crippen LogP contribution in [-0.4, -0.2) is 30.0 Å². The number of carbonyl (C=O) groups is 2. The van der Waals surface area contributed by atoms with Crippen molar-refractivity contribution in [1.29, 1.82) is 0 Å². The van der Waals surface area contributed by atoms with Gasteiger partial charge < -0.3 is 4.74 Å². The molecule has 0 aromatic carbocycles. The van der Waals surface area contributed by atoms with E-state index < -0.39 is 0 Å². The molecule has 0 aliphatic carbocycles. The van der Waals surface area contributed by atoms with Crippen LogP contribution in [0.3, 0.4) is 0 Å². The molecule has 0 spiro atoms. The molecule has 4 heteroatoms. The van der Waals surface area contributed by atoms with Crippen molar-refractivity contribution in [3.05, 3.63) is 10.5 Å². The van der Waals surface area contributed by atoms with Gasteiger partial charge in [-0.3, -0.25) is 9.59 Å². The zero-order chi connectivity index (χ0) is 12.3. The fourth-order valence-corrected chi connectivity index (χ4v) is 2.84. The van der Waals surface area contributed by atoms with Crippen LogP contribution in [-0.2, 0) is 14.3 Å². The predicted molar refractivity (Wildman–Crippen MR) is 67.7 cm³/mol. The highest BCUT2D eigenvalue weighted by Crippen LogP contribution is 2.32. The van der Waals surface area contributed by atoms with E-state index in [9.17, 15) is 9.59 Å². The van der Waals surface area contributed by atoms with Gasteiger partial charge in [0, 0.05) is 16.9 Å². The van der Waals surface area contributed by atoms with Crippen LogP contribution in [0.2, 0.25) is 0 Å². The normalized spacial score (nSPS) is 21.5. The van der Waals surface area contributed by atoms with Crippen LogP contribution >= 0.6 is 10.5 Å². The molecule has 1 heterocycles. The third-order valence-corrected chi connectivity index (χ3v) is 4.40. The quantitative estimate of drug-likeness (QED) is 0.562. The van der Waals surface area contributed by atoms with E-state index in [0.717, 1.165) is 16.2 Å². The van der Waals surface area contributed by atoms with Crippen molar-refractivity contribution in [1.82, 2.24) is 0 Å². The topological polar surface area (TPSA) is 43.4 Å². The zero-order valence-corrected chi connectivity index (χ0v) is 10.9. The minimum atomic E-state index is -0.227. The molecule has 1 rings (SSSR count). The van der Waals surface area contributed by atoms with Crippen molar-refractivity contribution in [2.75, 3.05) is 12.4 Å². The van der Waals surface area contributed by atoms with E-state index in [1.54, 1.807) is 20.8 Å². The number of ketones is 1. The highest BCUT2D eigenvalue weighted by Gasteiger charge is 2.20. The maximum atomic E-state index is 11.5. The summed E-state index contributed by atoms with van der Waals surface area (Å²) in [7, 11) is -0.177. The number of carbonyl (C=O) groups excluding carboxylic acids is 2. The van der Waals surface area contributed by atoms with Gasteiger partial charge in [-0.2, -0.15) is 10.5 Å². The summed E-state index contributed by atoms with van der Waals surface area (Å²) < 4.78 is 5.15. The minimum absolute atomic E-state index is 0.133. The lowest BCUT2D eigenvalue weighted by Gasteiger charge is -2.20. The Morgan fingerprint density at radius 2 is 2.19 bits per heavy atom. The molecule has 0 aromatic rings. The molecular formula is C12H18O3S. The number of Topliss-reactive ketones (excluding diaryl/α,β-unsaturated/α-hetero) is 1. The van der Waals surface area contributed by atoms with Crippen molar-refractivity contribution in [2.24, 2.45) is 5.92 Å². The standard InChI is InChI=1S/C12H18O3S/c1-8(2)12(14)15-7-11-9(3)10(13)5-6-16(11)4/h8H,4-7H2,1-3H3. The second kappa shape index (κ2) is 5.43. The van der Waals surface area contributed by atoms with Gasteiger partial charge in [0.1, 0.15) is 6.61 Å². The lowest BCUT2D eigenvalue weighted by molar-refractivity contribution is -0.146. The van der Waals surface area contributed by atoms with E-state index in [2.05, 4.69) is 5.87 Å². The molecule has 90 valence electrons. The van der Waals surface area contributed by atoms with Crippen LogP contribution in [0.5, 0.6) is 0 Å². The van der Waals surface area contributed by atoms with Gasteiger partial charge in [0.2, 0.25) is 0 Å². The SMILES string of the molecule is C=S1CCC(=O)C(C)=C1COC(=O)C(C)C. The number of rotatable bonds is 3. The van der Waals surface area contributed by atoms with Gasteiger partial charge in [-0.05, 0) is 12.7 Å². The number of allylic oxidation sites excluding steroid dienone is 1. The lowest BCUT2D eigenvalue weighted by atomic mass is 10.1. The molecule has 0 aromatic heterocycles. The summed E-state index contributed by atoms with van der Waals surface area (Å²) in [5.41, 5.74) is 0.737. The number of hydrogen-bond acceptors (Lipinski definition) is 3. The fourth-order valence-electron chi connectivity index (χ4n) is 1.39. The van der Waals surface area contributed by atoms with Crippen molar-refractivity contribution in [3.8, 4) is 0 Å². The lowest BCUT2D eigenvalue weighted by Crippen LogP contribution is -2.18. The summed E-state index contributed by atoms with van der Waals surface area (Å²) in [6.07, 6.45) is 0.570. The van der Waals surface area contributed by atoms with E-state index >= 15 is 0 Å². The second-order valence-corrected chi connectivity index (χ2v) is 6.07. The van der Waals surface area contributed by atoms with Crippen LogP contribution in [0.15, 0.2) is 10.5 Å². The average Bonchev–Trinajstić information content (AvgIpc) is 2.23. The molecule has 0 bridgehead atoms. The van der Waals surface area contributed by atoms with Crippen molar-refractivity contribution in [3.63, 3.8) is 0 Å². The monoisotopic (exact) mass is 242 g/mol. The van der Waals surface area contributed by atoms with Crippen molar-refractivity contribution < 1.29 is 14.3 Å². The molecule has 1 aliphatic rings. The summed E-state index contributed by atoms with van der Waals surface area (Å²) >= 11 is 0. The Labute approximate surface area is 98.8 Å². The van der Waals surface area contributed by atoms with E-state index in [1.165, 1.54) is 0 Å². The van der Waals surface area contributed by atoms with Crippen LogP contribution in [0.25, 0.3) is 0 Å². The molecule has 3 nitrogen and oxygen atoms in total. The van der Waals surface area contributed by atoms with E-state index in [-0.39, 0.29) is 34.8 Å². The molecule has 0 saturated heterocycles. The minimum Gasteiger partial charge on any atom is -0.460 e. The maximum Gasteiger partial charge on any atom is 0.308 e. The summed E-state index contributed by atoms with van der Waals surface area (Å²) in [6, 6.07) is 0. The van der Waals surface area contributed by atoms with Crippen molar-refractivity contribution >= 4 is 28.1 Å². The van der Waals surface area contributed by atoms with E-state index in [4.69, 9.17) is 4.74 Å². The van der Waals surface area contributed by atoms with Crippen LogP contribution < -0.4 is 0 Å². The van der Waals surface area contributed by atoms with Gasteiger partial charge in [-0.15, -0.1) is 0 Å². The first-order valence-electron chi connectivity index (χ1n) is 5.33. The Bertz CT molecular complexity index is 366. The van der Waals surface area contributed by atoms with Crippen molar-refractivity contribution in [2.45, 2.75) is 27.2 Å². The van der Waals surface area contributed by atoms with Crippen LogP contribution in [0.4, 0.5) is 0 Å². The molecule has 1 aliphatic heterocycles. The second-order valence-electron chi connectivity index (χ2n) is 4.18. The largest absolute Gasteiger partial charge is 0.460 e. The first-order valence-corrected chi connectivity index (χ1v) is 6.90. The van der Waals surface area contributed by atoms with Gasteiger partial charge in [0.05, 0.1) is 5.92 Å². The Balaban J connectivity index is 2.71. The van der Waals surface area contributed by atoms with Gasteiger partial charge in [-0.25, -0.2) is 0 Å². The van der Waals surface area contributed by atoms with Crippen LogP contribution in [0, 0.1) is 5.92 Å². The highest BCUT2D eigenvalue weighted by atomic mass is 32.2. The molecule has 1 unspecified atom stereocenters. The Kier molecular flexibility index (Phi) is 4.47. The molecule has 0 amide bonds. The summed E-state index contributed by atoms with van der Waals surface area (Å²) in [4.78, 5) is 23.7. The number of ether oxygens (including phenoxy) is 1. The maximum absolute atomic E-state index is 11.5. The first kappa shape index (κ1) is 13.2. The fraction of sp³-hybridized carbons (Fsp3) is 0.583. The molecule has 1 atom stereocenters. The number of hydrogen-bond donors (Lipinski definition) is 0. The molecule has 0 fully saturated rings. The Hall–Kier alpha value is -0.900. The molecule has 0 saturated carbocycles. The van der Waals surface area contributed by atoms with Gasteiger partial charge in [-0.1, -0.05) is 19.7 Å². The van der Waals surface area contributed by atoms with Crippen LogP contribution in [0.1, 0.15) is 27.2 Å². The molecule has 16 heavy (non-hydrogen) atoms. The Morgan fingerprint density at radius 1 is 1.56 bits per heavy atom. The highest BCUT2D eigenvalue weighted by molar-refractivity contribution is 8.17. The van der Waals surface area contributed by atoms with E-state index in [0.29, 0.717) is 6.42 Å².